The van der Waals surface area contributed by atoms with Crippen LogP contribution in [0.15, 0.2) is 70.3 Å². The van der Waals surface area contributed by atoms with Gasteiger partial charge in [0, 0.05) is 54.5 Å². The maximum atomic E-state index is 4.53. The molecule has 0 spiro atoms. The van der Waals surface area contributed by atoms with E-state index in [1.165, 1.54) is 11.3 Å². The first kappa shape index (κ1) is 18.7. The third-order valence-corrected chi connectivity index (χ3v) is 5.64. The van der Waals surface area contributed by atoms with Crippen molar-refractivity contribution in [1.82, 2.24) is 15.6 Å². The molecule has 28 heavy (non-hydrogen) atoms. The Morgan fingerprint density at radius 2 is 2.00 bits per heavy atom. The van der Waals surface area contributed by atoms with Crippen LogP contribution >= 0.6 is 15.9 Å². The zero-order chi connectivity index (χ0) is 19.3. The van der Waals surface area contributed by atoms with Gasteiger partial charge in [-0.2, -0.15) is 0 Å². The van der Waals surface area contributed by atoms with E-state index in [1.54, 1.807) is 0 Å². The summed E-state index contributed by atoms with van der Waals surface area (Å²) in [5.74, 6) is 0.829. The summed E-state index contributed by atoms with van der Waals surface area (Å²) in [5, 5.41) is 8.16. The van der Waals surface area contributed by atoms with Gasteiger partial charge in [-0.1, -0.05) is 40.2 Å². The lowest BCUT2D eigenvalue weighted by atomic mass is 10.1. The van der Waals surface area contributed by atoms with Crippen molar-refractivity contribution in [2.75, 3.05) is 25.0 Å². The molecule has 1 aliphatic rings. The predicted molar refractivity (Wildman–Crippen MR) is 120 cm³/mol. The lowest BCUT2D eigenvalue weighted by Gasteiger charge is -2.20. The monoisotopic (exact) mass is 437 g/mol. The van der Waals surface area contributed by atoms with E-state index in [9.17, 15) is 0 Å². The Labute approximate surface area is 174 Å². The Bertz CT molecular complexity index is 965. The number of para-hydroxylation sites is 1. The topological polar surface area (TPSA) is 52.6 Å². The molecule has 0 radical (unpaired) electrons. The Kier molecular flexibility index (Phi) is 5.76. The number of rotatable bonds is 4. The number of fused-ring (bicyclic) bond motifs is 1. The summed E-state index contributed by atoms with van der Waals surface area (Å²) in [6.07, 6.45) is 2.93. The van der Waals surface area contributed by atoms with Crippen LogP contribution < -0.4 is 15.5 Å². The summed E-state index contributed by atoms with van der Waals surface area (Å²) >= 11 is 3.50. The van der Waals surface area contributed by atoms with E-state index < -0.39 is 0 Å². The van der Waals surface area contributed by atoms with Crippen LogP contribution in [0.2, 0.25) is 0 Å². The van der Waals surface area contributed by atoms with Crippen molar-refractivity contribution >= 4 is 38.5 Å². The van der Waals surface area contributed by atoms with Crippen LogP contribution in [-0.4, -0.2) is 37.1 Å². The van der Waals surface area contributed by atoms with Gasteiger partial charge in [-0.05, 0) is 42.3 Å². The minimum absolute atomic E-state index is 0.375. The van der Waals surface area contributed by atoms with Crippen LogP contribution in [0, 0.1) is 0 Å². The highest BCUT2D eigenvalue weighted by atomic mass is 79.9. The van der Waals surface area contributed by atoms with Crippen molar-refractivity contribution in [3.8, 4) is 0 Å². The molecule has 5 nitrogen and oxygen atoms in total. The fraction of sp³-hybridized carbons (Fsp3) is 0.273. The number of aliphatic imine (C=N–C) groups is 1. The zero-order valence-corrected chi connectivity index (χ0v) is 17.5. The number of nitrogens with one attached hydrogen (secondary N) is 2. The van der Waals surface area contributed by atoms with Crippen molar-refractivity contribution in [3.05, 3.63) is 70.8 Å². The molecule has 1 saturated heterocycles. The van der Waals surface area contributed by atoms with Gasteiger partial charge >= 0.3 is 0 Å². The average molecular weight is 438 g/mol. The van der Waals surface area contributed by atoms with Gasteiger partial charge in [0.05, 0.1) is 5.52 Å². The summed E-state index contributed by atoms with van der Waals surface area (Å²) in [5.41, 5.74) is 3.47. The van der Waals surface area contributed by atoms with Gasteiger partial charge in [0.1, 0.15) is 0 Å². The number of nitrogens with zero attached hydrogens (tertiary/aromatic N) is 3. The molecule has 2 aromatic carbocycles. The van der Waals surface area contributed by atoms with Gasteiger partial charge < -0.3 is 15.5 Å². The van der Waals surface area contributed by atoms with E-state index >= 15 is 0 Å². The van der Waals surface area contributed by atoms with E-state index in [2.05, 4.69) is 90.0 Å². The van der Waals surface area contributed by atoms with Crippen molar-refractivity contribution in [3.63, 3.8) is 0 Å². The van der Waals surface area contributed by atoms with Crippen LogP contribution in [0.1, 0.15) is 12.0 Å². The summed E-state index contributed by atoms with van der Waals surface area (Å²) < 4.78 is 1.11. The molecule has 2 N–H and O–H groups in total. The summed E-state index contributed by atoms with van der Waals surface area (Å²) in [7, 11) is 1.82. The third kappa shape index (κ3) is 4.28. The molecule has 4 rings (SSSR count). The first-order chi connectivity index (χ1) is 13.7. The maximum absolute atomic E-state index is 4.53. The van der Waals surface area contributed by atoms with E-state index in [0.717, 1.165) is 40.8 Å². The summed E-state index contributed by atoms with van der Waals surface area (Å²) in [4.78, 5) is 11.3. The number of pyridine rings is 1. The lowest BCUT2D eigenvalue weighted by Crippen LogP contribution is -2.44. The van der Waals surface area contributed by atoms with Crippen LogP contribution in [-0.2, 0) is 6.54 Å². The van der Waals surface area contributed by atoms with E-state index in [4.69, 9.17) is 0 Å². The Balaban J connectivity index is 1.36. The molecule has 0 aliphatic carbocycles. The molecule has 0 saturated carbocycles. The van der Waals surface area contributed by atoms with Gasteiger partial charge in [-0.15, -0.1) is 0 Å². The van der Waals surface area contributed by atoms with Gasteiger partial charge in [0.25, 0.3) is 0 Å². The molecule has 6 heteroatoms. The minimum atomic E-state index is 0.375. The molecule has 144 valence electrons. The lowest BCUT2D eigenvalue weighted by molar-refractivity contribution is 0.649. The molecule has 3 aromatic rings. The number of benzene rings is 2. The molecule has 1 aliphatic heterocycles. The second-order valence-electron chi connectivity index (χ2n) is 6.97. The molecule has 1 unspecified atom stereocenters. The second kappa shape index (κ2) is 8.61. The van der Waals surface area contributed by atoms with Crippen LogP contribution in [0.5, 0.6) is 0 Å². The highest BCUT2D eigenvalue weighted by Gasteiger charge is 2.23. The Morgan fingerprint density at radius 1 is 1.18 bits per heavy atom. The van der Waals surface area contributed by atoms with Gasteiger partial charge in [0.15, 0.2) is 5.96 Å². The summed E-state index contributed by atoms with van der Waals surface area (Å²) in [6.45, 7) is 2.71. The average Bonchev–Trinajstić information content (AvgIpc) is 3.20. The Hall–Kier alpha value is -2.60. The Morgan fingerprint density at radius 3 is 2.82 bits per heavy atom. The molecule has 1 aromatic heterocycles. The van der Waals surface area contributed by atoms with Gasteiger partial charge in [0.2, 0.25) is 0 Å². The number of hydrogen-bond acceptors (Lipinski definition) is 3. The molecule has 0 bridgehead atoms. The molecular weight excluding hydrogens is 414 g/mol. The third-order valence-electron chi connectivity index (χ3n) is 5.11. The molecule has 0 amide bonds. The van der Waals surface area contributed by atoms with E-state index in [0.29, 0.717) is 12.6 Å². The quantitative estimate of drug-likeness (QED) is 0.479. The predicted octanol–water partition coefficient (Wildman–Crippen LogP) is 3.94. The van der Waals surface area contributed by atoms with Crippen molar-refractivity contribution < 1.29 is 0 Å². The second-order valence-corrected chi connectivity index (χ2v) is 7.89. The molecule has 1 atom stereocenters. The summed E-state index contributed by atoms with van der Waals surface area (Å²) in [6, 6.07) is 19.2. The molecule has 1 fully saturated rings. The van der Waals surface area contributed by atoms with Crippen LogP contribution in [0.3, 0.4) is 0 Å². The first-order valence-corrected chi connectivity index (χ1v) is 10.3. The first-order valence-electron chi connectivity index (χ1n) is 9.53. The number of hydrogen-bond donors (Lipinski definition) is 2. The SMILES string of the molecule is CN=C(NCc1cccc2cccnc12)NC1CCN(c2ccc(Br)cc2)C1. The van der Waals surface area contributed by atoms with Crippen molar-refractivity contribution in [2.45, 2.75) is 19.0 Å². The number of guanidine groups is 1. The maximum Gasteiger partial charge on any atom is 0.191 e. The van der Waals surface area contributed by atoms with Crippen molar-refractivity contribution in [2.24, 2.45) is 4.99 Å². The van der Waals surface area contributed by atoms with Crippen LogP contribution in [0.25, 0.3) is 10.9 Å². The smallest absolute Gasteiger partial charge is 0.191 e. The molecular formula is C22H24BrN5. The van der Waals surface area contributed by atoms with Gasteiger partial charge in [-0.3, -0.25) is 9.98 Å². The largest absolute Gasteiger partial charge is 0.369 e. The van der Waals surface area contributed by atoms with E-state index in [1.807, 2.05) is 19.3 Å². The number of halogens is 1. The fourth-order valence-electron chi connectivity index (χ4n) is 3.64. The van der Waals surface area contributed by atoms with Crippen molar-refractivity contribution in [1.29, 1.82) is 0 Å². The highest BCUT2D eigenvalue weighted by molar-refractivity contribution is 9.10. The number of aromatic nitrogens is 1. The van der Waals surface area contributed by atoms with E-state index in [-0.39, 0.29) is 0 Å². The normalized spacial score (nSPS) is 17.1. The zero-order valence-electron chi connectivity index (χ0n) is 15.9. The standard InChI is InChI=1S/C22H24BrN5/c1-24-22(26-14-17-5-2-4-16-6-3-12-25-21(16)17)27-19-11-13-28(15-19)20-9-7-18(23)8-10-20/h2-10,12,19H,11,13-15H2,1H3,(H2,24,26,27). The molecule has 2 heterocycles. The minimum Gasteiger partial charge on any atom is -0.369 e. The van der Waals surface area contributed by atoms with Gasteiger partial charge in [-0.25, -0.2) is 0 Å². The number of anilines is 1. The fourth-order valence-corrected chi connectivity index (χ4v) is 3.91. The van der Waals surface area contributed by atoms with Crippen LogP contribution in [0.4, 0.5) is 5.69 Å². The highest BCUT2D eigenvalue weighted by Crippen LogP contribution is 2.22.